The molecule has 0 heterocycles. The summed E-state index contributed by atoms with van der Waals surface area (Å²) in [5, 5.41) is 5.41. The number of amides is 2. The fourth-order valence-corrected chi connectivity index (χ4v) is 3.55. The predicted molar refractivity (Wildman–Crippen MR) is 104 cm³/mol. The van der Waals surface area contributed by atoms with Crippen molar-refractivity contribution < 1.29 is 18.0 Å². The molecule has 0 saturated heterocycles. The van der Waals surface area contributed by atoms with Gasteiger partial charge in [-0.15, -0.1) is 0 Å². The van der Waals surface area contributed by atoms with E-state index in [0.717, 1.165) is 5.56 Å². The smallest absolute Gasteiger partial charge is 0.255 e. The minimum atomic E-state index is -3.57. The summed E-state index contributed by atoms with van der Waals surface area (Å²) in [6.07, 6.45) is 0. The number of sulfonamides is 1. The van der Waals surface area contributed by atoms with Crippen LogP contribution >= 0.6 is 0 Å². The summed E-state index contributed by atoms with van der Waals surface area (Å²) in [5.41, 5.74) is 1.83. The van der Waals surface area contributed by atoms with Crippen LogP contribution in [0.25, 0.3) is 0 Å². The first kappa shape index (κ1) is 20.6. The van der Waals surface area contributed by atoms with Gasteiger partial charge in [-0.1, -0.05) is 12.1 Å². The maximum absolute atomic E-state index is 12.3. The van der Waals surface area contributed by atoms with Crippen molar-refractivity contribution in [3.8, 4) is 0 Å². The van der Waals surface area contributed by atoms with Crippen LogP contribution in [0, 0.1) is 0 Å². The molecule has 2 amide bonds. The van der Waals surface area contributed by atoms with E-state index in [0.29, 0.717) is 17.8 Å². The van der Waals surface area contributed by atoms with Crippen LogP contribution in [-0.4, -0.2) is 26.3 Å². The number of anilines is 1. The lowest BCUT2D eigenvalue weighted by atomic mass is 10.1. The van der Waals surface area contributed by atoms with E-state index in [4.69, 9.17) is 0 Å². The van der Waals surface area contributed by atoms with Crippen LogP contribution in [0.15, 0.2) is 53.4 Å². The molecule has 2 aromatic carbocycles. The minimum absolute atomic E-state index is 0.120. The number of nitrogens with one attached hydrogen (secondary N) is 3. The predicted octanol–water partition coefficient (Wildman–Crippen LogP) is 2.26. The monoisotopic (exact) mass is 389 g/mol. The molecule has 0 saturated carbocycles. The summed E-state index contributed by atoms with van der Waals surface area (Å²) in [7, 11) is -3.57. The molecule has 0 atom stereocenters. The Hall–Kier alpha value is -2.71. The highest BCUT2D eigenvalue weighted by Gasteiger charge is 2.15. The van der Waals surface area contributed by atoms with Gasteiger partial charge >= 0.3 is 0 Å². The van der Waals surface area contributed by atoms with Gasteiger partial charge in [-0.3, -0.25) is 9.59 Å². The molecule has 0 unspecified atom stereocenters. The first-order valence-corrected chi connectivity index (χ1v) is 9.93. The largest absolute Gasteiger partial charge is 0.352 e. The van der Waals surface area contributed by atoms with Gasteiger partial charge in [0.2, 0.25) is 15.9 Å². The number of benzene rings is 2. The zero-order valence-electron chi connectivity index (χ0n) is 15.4. The maximum Gasteiger partial charge on any atom is 0.255 e. The second-order valence-electron chi connectivity index (χ2n) is 6.36. The van der Waals surface area contributed by atoms with E-state index in [1.54, 1.807) is 38.1 Å². The summed E-state index contributed by atoms with van der Waals surface area (Å²) in [5.74, 6) is -0.428. The first-order valence-electron chi connectivity index (χ1n) is 8.44. The summed E-state index contributed by atoms with van der Waals surface area (Å²) in [6.45, 7) is 5.33. The quantitative estimate of drug-likeness (QED) is 0.675. The van der Waals surface area contributed by atoms with Gasteiger partial charge in [0.15, 0.2) is 0 Å². The van der Waals surface area contributed by atoms with Gasteiger partial charge in [0.05, 0.1) is 4.90 Å². The minimum Gasteiger partial charge on any atom is -0.352 e. The molecule has 0 aliphatic heterocycles. The normalized spacial score (nSPS) is 11.3. The van der Waals surface area contributed by atoms with Crippen LogP contribution in [0.4, 0.5) is 5.69 Å². The number of carbonyl (C=O) groups excluding carboxylic acids is 2. The highest BCUT2D eigenvalue weighted by atomic mass is 32.2. The molecule has 0 bridgehead atoms. The Labute approximate surface area is 159 Å². The lowest BCUT2D eigenvalue weighted by molar-refractivity contribution is -0.119. The molecule has 0 aromatic heterocycles. The van der Waals surface area contributed by atoms with Crippen molar-refractivity contribution in [1.29, 1.82) is 0 Å². The number of carbonyl (C=O) groups is 2. The average molecular weight is 389 g/mol. The van der Waals surface area contributed by atoms with E-state index >= 15 is 0 Å². The molecule has 0 aliphatic rings. The Morgan fingerprint density at radius 3 is 2.07 bits per heavy atom. The van der Waals surface area contributed by atoms with E-state index in [-0.39, 0.29) is 22.8 Å². The van der Waals surface area contributed by atoms with Gasteiger partial charge in [0.25, 0.3) is 5.91 Å². The lowest BCUT2D eigenvalue weighted by Gasteiger charge is -2.11. The summed E-state index contributed by atoms with van der Waals surface area (Å²) < 4.78 is 26.7. The molecule has 2 aromatic rings. The average Bonchev–Trinajstić information content (AvgIpc) is 2.59. The van der Waals surface area contributed by atoms with Gasteiger partial charge < -0.3 is 10.6 Å². The zero-order valence-corrected chi connectivity index (χ0v) is 16.3. The molecule has 0 aliphatic carbocycles. The fraction of sp³-hybridized carbons (Fsp3) is 0.263. The Kier molecular flexibility index (Phi) is 6.70. The summed E-state index contributed by atoms with van der Waals surface area (Å²) in [6, 6.07) is 12.6. The Bertz CT molecular complexity index is 905. The Balaban J connectivity index is 2.02. The highest BCUT2D eigenvalue weighted by Crippen LogP contribution is 2.15. The molecular formula is C19H23N3O4S. The van der Waals surface area contributed by atoms with Crippen molar-refractivity contribution >= 4 is 27.5 Å². The van der Waals surface area contributed by atoms with E-state index in [1.165, 1.54) is 31.2 Å². The van der Waals surface area contributed by atoms with Crippen molar-refractivity contribution in [3.63, 3.8) is 0 Å². The molecule has 2 rings (SSSR count). The van der Waals surface area contributed by atoms with Crippen LogP contribution in [0.1, 0.15) is 36.7 Å². The van der Waals surface area contributed by atoms with Crippen LogP contribution in [0.2, 0.25) is 0 Å². The van der Waals surface area contributed by atoms with E-state index in [9.17, 15) is 18.0 Å². The Morgan fingerprint density at radius 2 is 1.56 bits per heavy atom. The van der Waals surface area contributed by atoms with Crippen molar-refractivity contribution in [1.82, 2.24) is 10.0 Å². The van der Waals surface area contributed by atoms with E-state index in [1.807, 2.05) is 0 Å². The summed E-state index contributed by atoms with van der Waals surface area (Å²) in [4.78, 5) is 23.4. The standard InChI is InChI=1S/C19H23N3O4S/c1-13(2)22-27(25,26)18-10-8-17(9-11-18)21-19(24)16-6-4-15(5-7-16)12-20-14(3)23/h4-11,13,22H,12H2,1-3H3,(H,20,23)(H,21,24). The van der Waals surface area contributed by atoms with Crippen LogP contribution < -0.4 is 15.4 Å². The second-order valence-corrected chi connectivity index (χ2v) is 8.08. The van der Waals surface area contributed by atoms with Crippen molar-refractivity contribution in [2.75, 3.05) is 5.32 Å². The van der Waals surface area contributed by atoms with Gasteiger partial charge in [0.1, 0.15) is 0 Å². The van der Waals surface area contributed by atoms with E-state index < -0.39 is 10.0 Å². The van der Waals surface area contributed by atoms with Crippen LogP contribution in [-0.2, 0) is 21.4 Å². The molecule has 8 heteroatoms. The highest BCUT2D eigenvalue weighted by molar-refractivity contribution is 7.89. The molecule has 0 spiro atoms. The van der Waals surface area contributed by atoms with Crippen LogP contribution in [0.5, 0.6) is 0 Å². The SMILES string of the molecule is CC(=O)NCc1ccc(C(=O)Nc2ccc(S(=O)(=O)NC(C)C)cc2)cc1. The van der Waals surface area contributed by atoms with Gasteiger partial charge in [-0.05, 0) is 55.8 Å². The molecule has 7 nitrogen and oxygen atoms in total. The molecular weight excluding hydrogens is 366 g/mol. The van der Waals surface area contributed by atoms with Gasteiger partial charge in [-0.2, -0.15) is 0 Å². The Morgan fingerprint density at radius 1 is 0.963 bits per heavy atom. The fourth-order valence-electron chi connectivity index (χ4n) is 2.30. The lowest BCUT2D eigenvalue weighted by Crippen LogP contribution is -2.30. The number of hydrogen-bond donors (Lipinski definition) is 3. The van der Waals surface area contributed by atoms with E-state index in [2.05, 4.69) is 15.4 Å². The molecule has 3 N–H and O–H groups in total. The third-order valence-electron chi connectivity index (χ3n) is 3.57. The number of rotatable bonds is 7. The maximum atomic E-state index is 12.3. The summed E-state index contributed by atoms with van der Waals surface area (Å²) >= 11 is 0. The molecule has 27 heavy (non-hydrogen) atoms. The molecule has 0 fully saturated rings. The molecule has 0 radical (unpaired) electrons. The second kappa shape index (κ2) is 8.79. The topological polar surface area (TPSA) is 104 Å². The van der Waals surface area contributed by atoms with Crippen LogP contribution in [0.3, 0.4) is 0 Å². The van der Waals surface area contributed by atoms with Gasteiger partial charge in [-0.25, -0.2) is 13.1 Å². The van der Waals surface area contributed by atoms with Crippen molar-refractivity contribution in [2.24, 2.45) is 0 Å². The molecule has 144 valence electrons. The number of hydrogen-bond acceptors (Lipinski definition) is 4. The first-order chi connectivity index (χ1) is 12.7. The van der Waals surface area contributed by atoms with Crippen molar-refractivity contribution in [2.45, 2.75) is 38.3 Å². The third kappa shape index (κ3) is 6.19. The van der Waals surface area contributed by atoms with Gasteiger partial charge in [0, 0.05) is 30.8 Å². The third-order valence-corrected chi connectivity index (χ3v) is 5.25. The van der Waals surface area contributed by atoms with Crippen molar-refractivity contribution in [3.05, 3.63) is 59.7 Å². The zero-order chi connectivity index (χ0) is 20.0.